The number of hydrogen-bond acceptors (Lipinski definition) is 4. The third-order valence-electron chi connectivity index (χ3n) is 4.06. The van der Waals surface area contributed by atoms with E-state index in [1.165, 1.54) is 12.8 Å². The Bertz CT molecular complexity index is 376. The van der Waals surface area contributed by atoms with Gasteiger partial charge in [0.05, 0.1) is 11.4 Å². The van der Waals surface area contributed by atoms with Crippen molar-refractivity contribution in [2.45, 2.75) is 46.2 Å². The van der Waals surface area contributed by atoms with Crippen LogP contribution in [0.4, 0.5) is 0 Å². The Kier molecular flexibility index (Phi) is 5.28. The molecule has 0 saturated carbocycles. The van der Waals surface area contributed by atoms with Gasteiger partial charge < -0.3 is 5.32 Å². The summed E-state index contributed by atoms with van der Waals surface area (Å²) in [4.78, 5) is 11.3. The standard InChI is InChI=1S/C15H26N4/c1-4-12(2)15-11-19(7-5-6-16-15)10-14-9-17-13(3)8-18-14/h8-9,12,15-16H,4-7,10-11H2,1-3H3. The van der Waals surface area contributed by atoms with Crippen LogP contribution >= 0.6 is 0 Å². The van der Waals surface area contributed by atoms with Gasteiger partial charge in [-0.1, -0.05) is 20.3 Å². The van der Waals surface area contributed by atoms with Gasteiger partial charge in [-0.25, -0.2) is 0 Å². The highest BCUT2D eigenvalue weighted by molar-refractivity contribution is 5.00. The Morgan fingerprint density at radius 2 is 2.26 bits per heavy atom. The van der Waals surface area contributed by atoms with E-state index in [-0.39, 0.29) is 0 Å². The zero-order valence-corrected chi connectivity index (χ0v) is 12.4. The van der Waals surface area contributed by atoms with Crippen molar-refractivity contribution < 1.29 is 0 Å². The van der Waals surface area contributed by atoms with Gasteiger partial charge in [0.25, 0.3) is 0 Å². The highest BCUT2D eigenvalue weighted by Gasteiger charge is 2.21. The Morgan fingerprint density at radius 1 is 1.42 bits per heavy atom. The van der Waals surface area contributed by atoms with Gasteiger partial charge >= 0.3 is 0 Å². The molecule has 2 atom stereocenters. The summed E-state index contributed by atoms with van der Waals surface area (Å²) in [5, 5.41) is 3.68. The molecule has 2 heterocycles. The van der Waals surface area contributed by atoms with Crippen LogP contribution in [0.1, 0.15) is 38.1 Å². The normalized spacial score (nSPS) is 23.0. The second-order valence-corrected chi connectivity index (χ2v) is 5.68. The van der Waals surface area contributed by atoms with Crippen molar-refractivity contribution in [2.24, 2.45) is 5.92 Å². The van der Waals surface area contributed by atoms with Gasteiger partial charge in [0.15, 0.2) is 0 Å². The number of aryl methyl sites for hydroxylation is 1. The first kappa shape index (κ1) is 14.4. The third kappa shape index (κ3) is 4.25. The van der Waals surface area contributed by atoms with Gasteiger partial charge in [-0.15, -0.1) is 0 Å². The van der Waals surface area contributed by atoms with E-state index in [1.807, 2.05) is 19.3 Å². The van der Waals surface area contributed by atoms with Crippen molar-refractivity contribution in [3.05, 3.63) is 23.8 Å². The van der Waals surface area contributed by atoms with Crippen LogP contribution in [0.5, 0.6) is 0 Å². The molecule has 0 aromatic carbocycles. The molecule has 4 heteroatoms. The number of nitrogens with one attached hydrogen (secondary N) is 1. The first-order valence-corrected chi connectivity index (χ1v) is 7.42. The molecule has 0 amide bonds. The lowest BCUT2D eigenvalue weighted by molar-refractivity contribution is 0.229. The van der Waals surface area contributed by atoms with Crippen LogP contribution < -0.4 is 5.32 Å². The van der Waals surface area contributed by atoms with E-state index < -0.39 is 0 Å². The number of aromatic nitrogens is 2. The van der Waals surface area contributed by atoms with Gasteiger partial charge in [0.2, 0.25) is 0 Å². The first-order valence-electron chi connectivity index (χ1n) is 7.42. The summed E-state index contributed by atoms with van der Waals surface area (Å²) in [5.74, 6) is 0.727. The van der Waals surface area contributed by atoms with E-state index >= 15 is 0 Å². The maximum absolute atomic E-state index is 4.47. The fraction of sp³-hybridized carbons (Fsp3) is 0.733. The van der Waals surface area contributed by atoms with Crippen LogP contribution in [0.2, 0.25) is 0 Å². The maximum atomic E-state index is 4.47. The van der Waals surface area contributed by atoms with Crippen molar-refractivity contribution in [2.75, 3.05) is 19.6 Å². The lowest BCUT2D eigenvalue weighted by atomic mass is 9.99. The summed E-state index contributed by atoms with van der Waals surface area (Å²) in [5.41, 5.74) is 2.06. The second kappa shape index (κ2) is 6.96. The molecule has 1 aliphatic rings. The number of hydrogen-bond donors (Lipinski definition) is 1. The van der Waals surface area contributed by atoms with Crippen molar-refractivity contribution in [1.82, 2.24) is 20.2 Å². The molecule has 2 rings (SSSR count). The zero-order chi connectivity index (χ0) is 13.7. The van der Waals surface area contributed by atoms with Crippen LogP contribution in [0, 0.1) is 12.8 Å². The summed E-state index contributed by atoms with van der Waals surface area (Å²) in [6, 6.07) is 0.603. The van der Waals surface area contributed by atoms with E-state index in [2.05, 4.69) is 34.0 Å². The van der Waals surface area contributed by atoms with Crippen molar-refractivity contribution in [3.8, 4) is 0 Å². The molecule has 0 aliphatic carbocycles. The monoisotopic (exact) mass is 262 g/mol. The zero-order valence-electron chi connectivity index (χ0n) is 12.4. The first-order chi connectivity index (χ1) is 9.19. The minimum absolute atomic E-state index is 0.603. The number of rotatable bonds is 4. The molecular formula is C15H26N4. The topological polar surface area (TPSA) is 41.1 Å². The lowest BCUT2D eigenvalue weighted by Gasteiger charge is -2.27. The largest absolute Gasteiger partial charge is 0.312 e. The summed E-state index contributed by atoms with van der Waals surface area (Å²) in [6.45, 7) is 10.9. The summed E-state index contributed by atoms with van der Waals surface area (Å²) in [6.07, 6.45) is 6.21. The Balaban J connectivity index is 1.96. The summed E-state index contributed by atoms with van der Waals surface area (Å²) >= 11 is 0. The Morgan fingerprint density at radius 3 is 2.95 bits per heavy atom. The Hall–Kier alpha value is -1.00. The quantitative estimate of drug-likeness (QED) is 0.901. The third-order valence-corrected chi connectivity index (χ3v) is 4.06. The molecule has 1 fully saturated rings. The lowest BCUT2D eigenvalue weighted by Crippen LogP contribution is -2.41. The molecule has 1 aromatic heterocycles. The predicted octanol–water partition coefficient (Wildman–Crippen LogP) is 2.00. The van der Waals surface area contributed by atoms with Crippen LogP contribution in [0.25, 0.3) is 0 Å². The van der Waals surface area contributed by atoms with Crippen molar-refractivity contribution >= 4 is 0 Å². The van der Waals surface area contributed by atoms with Crippen LogP contribution in [-0.2, 0) is 6.54 Å². The van der Waals surface area contributed by atoms with Gasteiger partial charge in [-0.3, -0.25) is 14.9 Å². The summed E-state index contributed by atoms with van der Waals surface area (Å²) < 4.78 is 0. The van der Waals surface area contributed by atoms with Gasteiger partial charge in [0, 0.05) is 31.5 Å². The van der Waals surface area contributed by atoms with Gasteiger partial charge in [-0.2, -0.15) is 0 Å². The van der Waals surface area contributed by atoms with Crippen LogP contribution in [0.3, 0.4) is 0 Å². The number of nitrogens with zero attached hydrogens (tertiary/aromatic N) is 3. The molecule has 0 radical (unpaired) electrons. The molecule has 1 aromatic rings. The average Bonchev–Trinajstić information content (AvgIpc) is 2.66. The van der Waals surface area contributed by atoms with Crippen LogP contribution in [0.15, 0.2) is 12.4 Å². The molecule has 4 nitrogen and oxygen atoms in total. The predicted molar refractivity (Wildman–Crippen MR) is 77.9 cm³/mol. The Labute approximate surface area is 116 Å². The second-order valence-electron chi connectivity index (χ2n) is 5.68. The maximum Gasteiger partial charge on any atom is 0.0727 e. The van der Waals surface area contributed by atoms with Gasteiger partial charge in [0.1, 0.15) is 0 Å². The molecule has 19 heavy (non-hydrogen) atoms. The van der Waals surface area contributed by atoms with Crippen LogP contribution in [-0.4, -0.2) is 40.5 Å². The van der Waals surface area contributed by atoms with Crippen molar-refractivity contribution in [3.63, 3.8) is 0 Å². The van der Waals surface area contributed by atoms with Crippen molar-refractivity contribution in [1.29, 1.82) is 0 Å². The van der Waals surface area contributed by atoms with E-state index in [1.54, 1.807) is 0 Å². The fourth-order valence-corrected chi connectivity index (χ4v) is 2.56. The molecule has 0 bridgehead atoms. The van der Waals surface area contributed by atoms with E-state index in [9.17, 15) is 0 Å². The smallest absolute Gasteiger partial charge is 0.0727 e. The minimum Gasteiger partial charge on any atom is -0.312 e. The molecule has 2 unspecified atom stereocenters. The van der Waals surface area contributed by atoms with E-state index in [4.69, 9.17) is 0 Å². The molecule has 0 spiro atoms. The highest BCUT2D eigenvalue weighted by Crippen LogP contribution is 2.13. The minimum atomic E-state index is 0.603. The average molecular weight is 262 g/mol. The molecule has 1 saturated heterocycles. The molecular weight excluding hydrogens is 236 g/mol. The fourth-order valence-electron chi connectivity index (χ4n) is 2.56. The molecule has 1 aliphatic heterocycles. The highest BCUT2D eigenvalue weighted by atomic mass is 15.2. The van der Waals surface area contributed by atoms with E-state index in [0.717, 1.165) is 43.5 Å². The molecule has 1 N–H and O–H groups in total. The van der Waals surface area contributed by atoms with E-state index in [0.29, 0.717) is 6.04 Å². The summed E-state index contributed by atoms with van der Waals surface area (Å²) in [7, 11) is 0. The van der Waals surface area contributed by atoms with Gasteiger partial charge in [-0.05, 0) is 32.4 Å². The molecule has 106 valence electrons. The SMILES string of the molecule is CCC(C)C1CN(Cc2cnc(C)cn2)CCCN1.